The highest BCUT2D eigenvalue weighted by atomic mass is 16.5. The molecule has 0 aliphatic carbocycles. The van der Waals surface area contributed by atoms with Crippen LogP contribution in [0.4, 0.5) is 0 Å². The number of carbonyl (C=O) groups is 1. The molecule has 0 unspecified atom stereocenters. The van der Waals surface area contributed by atoms with Crippen molar-refractivity contribution in [2.75, 3.05) is 7.11 Å². The van der Waals surface area contributed by atoms with Crippen LogP contribution in [0.25, 0.3) is 0 Å². The number of nitrogens with zero attached hydrogens (tertiary/aromatic N) is 1. The summed E-state index contributed by atoms with van der Waals surface area (Å²) in [6.45, 7) is 2.02. The molecule has 0 aliphatic heterocycles. The lowest BCUT2D eigenvalue weighted by atomic mass is 10.1. The Bertz CT molecular complexity index is 678. The van der Waals surface area contributed by atoms with Gasteiger partial charge in [0.15, 0.2) is 0 Å². The fourth-order valence-electron chi connectivity index (χ4n) is 1.84. The first-order valence-electron chi connectivity index (χ1n) is 6.78. The normalized spacial score (nSPS) is 9.62. The lowest BCUT2D eigenvalue weighted by Gasteiger charge is -2.00. The summed E-state index contributed by atoms with van der Waals surface area (Å²) in [6, 6.07) is 11.8. The molecule has 0 saturated carbocycles. The summed E-state index contributed by atoms with van der Waals surface area (Å²) in [6.07, 6.45) is 2.84. The summed E-state index contributed by atoms with van der Waals surface area (Å²) >= 11 is 0. The van der Waals surface area contributed by atoms with Gasteiger partial charge in [0, 0.05) is 18.2 Å². The molecule has 0 saturated heterocycles. The molecule has 1 aromatic heterocycles. The van der Waals surface area contributed by atoms with Crippen LogP contribution >= 0.6 is 0 Å². The second kappa shape index (κ2) is 7.25. The van der Waals surface area contributed by atoms with Gasteiger partial charge in [-0.3, -0.25) is 4.79 Å². The standard InChI is InChI=1S/C18H17NO2/c1-14-11-12-19-17(13-14)9-7-15-3-5-16(6-4-15)8-10-18(20)21-2/h3-6,11-13H,8,10H2,1-2H3. The molecule has 0 radical (unpaired) electrons. The van der Waals surface area contributed by atoms with Gasteiger partial charge < -0.3 is 4.74 Å². The van der Waals surface area contributed by atoms with E-state index in [2.05, 4.69) is 21.6 Å². The van der Waals surface area contributed by atoms with E-state index in [1.165, 1.54) is 7.11 Å². The highest BCUT2D eigenvalue weighted by Gasteiger charge is 2.00. The van der Waals surface area contributed by atoms with Crippen LogP contribution in [0.2, 0.25) is 0 Å². The van der Waals surface area contributed by atoms with E-state index in [0.717, 1.165) is 22.4 Å². The molecular weight excluding hydrogens is 262 g/mol. The van der Waals surface area contributed by atoms with E-state index < -0.39 is 0 Å². The van der Waals surface area contributed by atoms with Crippen molar-refractivity contribution in [2.24, 2.45) is 0 Å². The van der Waals surface area contributed by atoms with Gasteiger partial charge >= 0.3 is 5.97 Å². The van der Waals surface area contributed by atoms with Crippen LogP contribution < -0.4 is 0 Å². The zero-order valence-electron chi connectivity index (χ0n) is 12.2. The Morgan fingerprint density at radius 3 is 2.62 bits per heavy atom. The first-order valence-corrected chi connectivity index (χ1v) is 6.78. The number of aryl methyl sites for hydroxylation is 2. The van der Waals surface area contributed by atoms with Gasteiger partial charge in [-0.25, -0.2) is 4.98 Å². The largest absolute Gasteiger partial charge is 0.469 e. The molecule has 106 valence electrons. The Morgan fingerprint density at radius 1 is 1.19 bits per heavy atom. The lowest BCUT2D eigenvalue weighted by Crippen LogP contribution is -2.01. The van der Waals surface area contributed by atoms with Crippen molar-refractivity contribution in [1.82, 2.24) is 4.98 Å². The van der Waals surface area contributed by atoms with Gasteiger partial charge in [-0.05, 0) is 54.7 Å². The monoisotopic (exact) mass is 279 g/mol. The first kappa shape index (κ1) is 14.8. The Morgan fingerprint density at radius 2 is 1.95 bits per heavy atom. The molecule has 0 amide bonds. The molecule has 2 aromatic rings. The van der Waals surface area contributed by atoms with E-state index in [1.807, 2.05) is 43.3 Å². The van der Waals surface area contributed by atoms with E-state index >= 15 is 0 Å². The maximum absolute atomic E-state index is 11.1. The number of methoxy groups -OCH3 is 1. The summed E-state index contributed by atoms with van der Waals surface area (Å²) in [5.41, 5.74) is 3.94. The molecule has 2 rings (SSSR count). The molecule has 0 atom stereocenters. The number of ether oxygens (including phenoxy) is 1. The first-order chi connectivity index (χ1) is 10.2. The number of pyridine rings is 1. The molecule has 0 aliphatic rings. The lowest BCUT2D eigenvalue weighted by molar-refractivity contribution is -0.140. The molecule has 21 heavy (non-hydrogen) atoms. The van der Waals surface area contributed by atoms with Gasteiger partial charge in [0.05, 0.1) is 7.11 Å². The number of aromatic nitrogens is 1. The Labute approximate surface area is 125 Å². The topological polar surface area (TPSA) is 39.2 Å². The molecule has 0 bridgehead atoms. The molecular formula is C18H17NO2. The smallest absolute Gasteiger partial charge is 0.305 e. The van der Waals surface area contributed by atoms with Crippen LogP contribution in [0, 0.1) is 18.8 Å². The summed E-state index contributed by atoms with van der Waals surface area (Å²) < 4.78 is 4.62. The van der Waals surface area contributed by atoms with Crippen LogP contribution in [0.15, 0.2) is 42.6 Å². The highest BCUT2D eigenvalue weighted by molar-refractivity contribution is 5.69. The fraction of sp³-hybridized carbons (Fsp3) is 0.222. The van der Waals surface area contributed by atoms with Crippen molar-refractivity contribution < 1.29 is 9.53 Å². The number of esters is 1. The number of rotatable bonds is 3. The zero-order valence-corrected chi connectivity index (χ0v) is 12.2. The SMILES string of the molecule is COC(=O)CCc1ccc(C#Cc2cc(C)ccn2)cc1. The molecule has 1 aromatic carbocycles. The minimum absolute atomic E-state index is 0.190. The quantitative estimate of drug-likeness (QED) is 0.640. The van der Waals surface area contributed by atoms with E-state index in [-0.39, 0.29) is 5.97 Å². The molecule has 0 N–H and O–H groups in total. The van der Waals surface area contributed by atoms with Gasteiger partial charge in [0.1, 0.15) is 5.69 Å². The Kier molecular flexibility index (Phi) is 5.11. The molecule has 0 fully saturated rings. The van der Waals surface area contributed by atoms with Crippen molar-refractivity contribution >= 4 is 5.97 Å². The summed E-state index contributed by atoms with van der Waals surface area (Å²) in [4.78, 5) is 15.3. The van der Waals surface area contributed by atoms with E-state index in [0.29, 0.717) is 12.8 Å². The predicted molar refractivity (Wildman–Crippen MR) is 81.7 cm³/mol. The van der Waals surface area contributed by atoms with Crippen LogP contribution in [-0.4, -0.2) is 18.1 Å². The Hall–Kier alpha value is -2.60. The number of carbonyl (C=O) groups excluding carboxylic acids is 1. The van der Waals surface area contributed by atoms with Crippen molar-refractivity contribution in [3.8, 4) is 11.8 Å². The number of hydrogen-bond acceptors (Lipinski definition) is 3. The van der Waals surface area contributed by atoms with Gasteiger partial charge in [-0.15, -0.1) is 0 Å². The average Bonchev–Trinajstić information content (AvgIpc) is 2.51. The second-order valence-corrected chi connectivity index (χ2v) is 4.74. The maximum Gasteiger partial charge on any atom is 0.305 e. The summed E-state index contributed by atoms with van der Waals surface area (Å²) in [5, 5.41) is 0. The Balaban J connectivity index is 2.01. The number of benzene rings is 1. The summed E-state index contributed by atoms with van der Waals surface area (Å²) in [5.74, 6) is 5.94. The minimum atomic E-state index is -0.190. The highest BCUT2D eigenvalue weighted by Crippen LogP contribution is 2.07. The van der Waals surface area contributed by atoms with Crippen LogP contribution in [-0.2, 0) is 16.0 Å². The van der Waals surface area contributed by atoms with Gasteiger partial charge in [-0.2, -0.15) is 0 Å². The van der Waals surface area contributed by atoms with Crippen LogP contribution in [0.5, 0.6) is 0 Å². The number of hydrogen-bond donors (Lipinski definition) is 0. The zero-order chi connectivity index (χ0) is 15.1. The van der Waals surface area contributed by atoms with Crippen molar-refractivity contribution in [2.45, 2.75) is 19.8 Å². The van der Waals surface area contributed by atoms with Gasteiger partial charge in [0.2, 0.25) is 0 Å². The fourth-order valence-corrected chi connectivity index (χ4v) is 1.84. The van der Waals surface area contributed by atoms with E-state index in [9.17, 15) is 4.79 Å². The van der Waals surface area contributed by atoms with Crippen molar-refractivity contribution in [3.63, 3.8) is 0 Å². The predicted octanol–water partition coefficient (Wildman–Crippen LogP) is 2.90. The third-order valence-corrected chi connectivity index (χ3v) is 3.05. The third-order valence-electron chi connectivity index (χ3n) is 3.05. The molecule has 3 heteroatoms. The molecule has 0 spiro atoms. The van der Waals surface area contributed by atoms with Crippen molar-refractivity contribution in [1.29, 1.82) is 0 Å². The molecule has 3 nitrogen and oxygen atoms in total. The average molecular weight is 279 g/mol. The maximum atomic E-state index is 11.1. The van der Waals surface area contributed by atoms with Gasteiger partial charge in [0.25, 0.3) is 0 Å². The summed E-state index contributed by atoms with van der Waals surface area (Å²) in [7, 11) is 1.40. The van der Waals surface area contributed by atoms with Gasteiger partial charge in [-0.1, -0.05) is 18.1 Å². The second-order valence-electron chi connectivity index (χ2n) is 4.74. The van der Waals surface area contributed by atoms with Crippen molar-refractivity contribution in [3.05, 3.63) is 65.0 Å². The third kappa shape index (κ3) is 4.77. The van der Waals surface area contributed by atoms with Crippen LogP contribution in [0.3, 0.4) is 0 Å². The minimum Gasteiger partial charge on any atom is -0.469 e. The van der Waals surface area contributed by atoms with E-state index in [4.69, 9.17) is 0 Å². The molecule has 1 heterocycles. The van der Waals surface area contributed by atoms with Crippen LogP contribution in [0.1, 0.15) is 28.8 Å². The van der Waals surface area contributed by atoms with E-state index in [1.54, 1.807) is 6.20 Å².